The highest BCUT2D eigenvalue weighted by atomic mass is 32.1. The lowest BCUT2D eigenvalue weighted by Gasteiger charge is -2.33. The van der Waals surface area contributed by atoms with Gasteiger partial charge in [-0.15, -0.1) is 11.3 Å². The quantitative estimate of drug-likeness (QED) is 0.627. The second-order valence-electron chi connectivity index (χ2n) is 9.54. The predicted molar refractivity (Wildman–Crippen MR) is 121 cm³/mol. The minimum absolute atomic E-state index is 0.182. The van der Waals surface area contributed by atoms with Crippen LogP contribution in [-0.4, -0.2) is 39.8 Å². The molecule has 6 nitrogen and oxygen atoms in total. The summed E-state index contributed by atoms with van der Waals surface area (Å²) in [5, 5.41) is 4.71. The molecule has 5 heterocycles. The van der Waals surface area contributed by atoms with Gasteiger partial charge in [-0.1, -0.05) is 13.8 Å². The summed E-state index contributed by atoms with van der Waals surface area (Å²) in [6.45, 7) is 11.1. The molecule has 0 aromatic carbocycles. The number of nitrogens with one attached hydrogen (secondary N) is 1. The van der Waals surface area contributed by atoms with Gasteiger partial charge in [0.25, 0.3) is 0 Å². The van der Waals surface area contributed by atoms with Crippen LogP contribution >= 0.6 is 11.3 Å². The average molecular weight is 427 g/mol. The number of hydrogen-bond acceptors (Lipinski definition) is 7. The summed E-state index contributed by atoms with van der Waals surface area (Å²) < 4.78 is 13.0. The second-order valence-corrected chi connectivity index (χ2v) is 10.5. The maximum atomic E-state index is 6.18. The van der Waals surface area contributed by atoms with Crippen LogP contribution in [0, 0.1) is 5.92 Å². The molecule has 0 amide bonds. The normalized spacial score (nSPS) is 20.9. The van der Waals surface area contributed by atoms with Gasteiger partial charge in [-0.3, -0.25) is 0 Å². The van der Waals surface area contributed by atoms with Crippen molar-refractivity contribution in [3.63, 3.8) is 0 Å². The number of hydrogen-bond donors (Lipinski definition) is 1. The van der Waals surface area contributed by atoms with Crippen LogP contribution in [0.1, 0.15) is 57.4 Å². The molecule has 0 spiro atoms. The molecule has 5 rings (SSSR count). The Morgan fingerprint density at radius 2 is 2.13 bits per heavy atom. The van der Waals surface area contributed by atoms with Crippen molar-refractivity contribution in [2.45, 2.75) is 71.7 Å². The summed E-state index contributed by atoms with van der Waals surface area (Å²) in [7, 11) is 0. The molecule has 3 aromatic rings. The summed E-state index contributed by atoms with van der Waals surface area (Å²) in [5.41, 5.74) is 4.64. The van der Waals surface area contributed by atoms with Gasteiger partial charge in [-0.05, 0) is 44.6 Å². The largest absolute Gasteiger partial charge is 0.376 e. The van der Waals surface area contributed by atoms with Crippen molar-refractivity contribution in [1.29, 1.82) is 0 Å². The van der Waals surface area contributed by atoms with E-state index in [2.05, 4.69) is 38.0 Å². The molecule has 0 bridgehead atoms. The number of pyridine rings is 1. The third kappa shape index (κ3) is 3.67. The molecule has 2 aliphatic heterocycles. The van der Waals surface area contributed by atoms with E-state index in [0.29, 0.717) is 12.5 Å². The lowest BCUT2D eigenvalue weighted by Crippen LogP contribution is -2.33. The zero-order valence-corrected chi connectivity index (χ0v) is 19.1. The van der Waals surface area contributed by atoms with Crippen LogP contribution in [0.4, 0.5) is 5.82 Å². The van der Waals surface area contributed by atoms with Gasteiger partial charge in [0.1, 0.15) is 17.0 Å². The zero-order valence-electron chi connectivity index (χ0n) is 18.2. The van der Waals surface area contributed by atoms with Gasteiger partial charge in [0.2, 0.25) is 0 Å². The molecule has 0 saturated carbocycles. The fraction of sp³-hybridized carbons (Fsp3) is 0.609. The molecular weight excluding hydrogens is 396 g/mol. The molecule has 1 N–H and O–H groups in total. The summed E-state index contributed by atoms with van der Waals surface area (Å²) >= 11 is 1.70. The van der Waals surface area contributed by atoms with Crippen molar-refractivity contribution < 1.29 is 9.47 Å². The summed E-state index contributed by atoms with van der Waals surface area (Å²) in [6, 6.07) is 0. The topological polar surface area (TPSA) is 69.2 Å². The molecule has 1 unspecified atom stereocenters. The predicted octanol–water partition coefficient (Wildman–Crippen LogP) is 4.88. The molecule has 7 heteroatoms. The van der Waals surface area contributed by atoms with E-state index in [1.807, 2.05) is 0 Å². The second kappa shape index (κ2) is 7.70. The Balaban J connectivity index is 1.64. The average Bonchev–Trinajstić information content (AvgIpc) is 3.32. The van der Waals surface area contributed by atoms with Gasteiger partial charge in [-0.2, -0.15) is 0 Å². The van der Waals surface area contributed by atoms with E-state index >= 15 is 0 Å². The van der Waals surface area contributed by atoms with Gasteiger partial charge in [0, 0.05) is 36.2 Å². The van der Waals surface area contributed by atoms with Crippen LogP contribution in [0.5, 0.6) is 0 Å². The van der Waals surface area contributed by atoms with Crippen molar-refractivity contribution in [2.75, 3.05) is 18.5 Å². The summed E-state index contributed by atoms with van der Waals surface area (Å²) in [4.78, 5) is 15.4. The number of rotatable bonds is 5. The molecule has 160 valence electrons. The van der Waals surface area contributed by atoms with Crippen LogP contribution in [0.2, 0.25) is 0 Å². The number of anilines is 1. The Labute approximate surface area is 181 Å². The van der Waals surface area contributed by atoms with E-state index in [1.54, 1.807) is 17.7 Å². The SMILES string of the molecule is CC(C)Cc1nc2sc3c(NCC4CCCO4)ncnc3c2c2c1COC(C)(C)C2. The van der Waals surface area contributed by atoms with Crippen molar-refractivity contribution >= 4 is 37.6 Å². The third-order valence-electron chi connectivity index (χ3n) is 6.04. The van der Waals surface area contributed by atoms with E-state index in [1.165, 1.54) is 22.2 Å². The van der Waals surface area contributed by atoms with E-state index in [9.17, 15) is 0 Å². The Kier molecular flexibility index (Phi) is 5.16. The van der Waals surface area contributed by atoms with Crippen LogP contribution in [0.15, 0.2) is 6.33 Å². The van der Waals surface area contributed by atoms with Gasteiger partial charge in [0.05, 0.1) is 28.5 Å². The van der Waals surface area contributed by atoms with Gasteiger partial charge >= 0.3 is 0 Å². The number of ether oxygens (including phenoxy) is 2. The van der Waals surface area contributed by atoms with Crippen molar-refractivity contribution in [3.05, 3.63) is 23.1 Å². The van der Waals surface area contributed by atoms with Crippen molar-refractivity contribution in [1.82, 2.24) is 15.0 Å². The minimum Gasteiger partial charge on any atom is -0.376 e. The number of thiophene rings is 1. The van der Waals surface area contributed by atoms with Crippen LogP contribution in [0.25, 0.3) is 20.4 Å². The molecular formula is C23H30N4O2S. The summed E-state index contributed by atoms with van der Waals surface area (Å²) in [5.74, 6) is 1.44. The molecule has 0 aliphatic carbocycles. The highest BCUT2D eigenvalue weighted by molar-refractivity contribution is 7.26. The standard InChI is InChI=1S/C23H30N4O2S/c1-13(2)8-17-16-11-29-23(3,4)9-15(16)18-19-20(30-22(18)27-17)21(26-12-25-19)24-10-14-6-5-7-28-14/h12-14H,5-11H2,1-4H3,(H,24,25,26). The monoisotopic (exact) mass is 426 g/mol. The Bertz CT molecular complexity index is 1090. The maximum absolute atomic E-state index is 6.18. The summed E-state index contributed by atoms with van der Waals surface area (Å²) in [6.07, 6.45) is 6.03. The molecule has 2 aliphatic rings. The zero-order chi connectivity index (χ0) is 20.9. The Morgan fingerprint density at radius 1 is 1.27 bits per heavy atom. The maximum Gasteiger partial charge on any atom is 0.147 e. The Hall–Kier alpha value is -1.83. The van der Waals surface area contributed by atoms with E-state index in [-0.39, 0.29) is 11.7 Å². The fourth-order valence-electron chi connectivity index (χ4n) is 4.57. The van der Waals surface area contributed by atoms with Crippen molar-refractivity contribution in [3.8, 4) is 0 Å². The smallest absolute Gasteiger partial charge is 0.147 e. The first-order chi connectivity index (χ1) is 14.4. The van der Waals surface area contributed by atoms with Gasteiger partial charge in [-0.25, -0.2) is 15.0 Å². The fourth-order valence-corrected chi connectivity index (χ4v) is 5.71. The first-order valence-electron chi connectivity index (χ1n) is 11.0. The molecule has 1 fully saturated rings. The Morgan fingerprint density at radius 3 is 2.90 bits per heavy atom. The van der Waals surface area contributed by atoms with Crippen LogP contribution in [-0.2, 0) is 28.9 Å². The van der Waals surface area contributed by atoms with Gasteiger partial charge < -0.3 is 14.8 Å². The van der Waals surface area contributed by atoms with Crippen LogP contribution < -0.4 is 5.32 Å². The molecule has 0 radical (unpaired) electrons. The molecule has 30 heavy (non-hydrogen) atoms. The van der Waals surface area contributed by atoms with Gasteiger partial charge in [0.15, 0.2) is 0 Å². The van der Waals surface area contributed by atoms with Crippen LogP contribution in [0.3, 0.4) is 0 Å². The highest BCUT2D eigenvalue weighted by Crippen LogP contribution is 2.42. The van der Waals surface area contributed by atoms with Crippen molar-refractivity contribution in [2.24, 2.45) is 5.92 Å². The lowest BCUT2D eigenvalue weighted by molar-refractivity contribution is -0.0402. The molecule has 1 saturated heterocycles. The van der Waals surface area contributed by atoms with E-state index in [4.69, 9.17) is 19.4 Å². The molecule has 3 aromatic heterocycles. The first kappa shape index (κ1) is 20.1. The first-order valence-corrected chi connectivity index (χ1v) is 11.8. The lowest BCUT2D eigenvalue weighted by atomic mass is 9.88. The third-order valence-corrected chi connectivity index (χ3v) is 7.12. The number of aromatic nitrogens is 3. The van der Waals surface area contributed by atoms with E-state index in [0.717, 1.165) is 59.7 Å². The molecule has 1 atom stereocenters. The number of nitrogens with zero attached hydrogens (tertiary/aromatic N) is 3. The highest BCUT2D eigenvalue weighted by Gasteiger charge is 2.32. The number of fused-ring (bicyclic) bond motifs is 5. The van der Waals surface area contributed by atoms with E-state index < -0.39 is 0 Å². The minimum atomic E-state index is -0.182.